The summed E-state index contributed by atoms with van der Waals surface area (Å²) in [6.45, 7) is 6.04. The number of imidazole rings is 1. The van der Waals surface area contributed by atoms with Crippen LogP contribution in [0.1, 0.15) is 38.3 Å². The summed E-state index contributed by atoms with van der Waals surface area (Å²) in [5.74, 6) is 0.511. The fourth-order valence-electron chi connectivity index (χ4n) is 3.32. The van der Waals surface area contributed by atoms with Gasteiger partial charge in [0.1, 0.15) is 11.9 Å². The van der Waals surface area contributed by atoms with Crippen molar-refractivity contribution in [1.82, 2.24) is 19.9 Å². The first-order valence-corrected chi connectivity index (χ1v) is 9.39. The molecule has 0 unspecified atom stereocenters. The van der Waals surface area contributed by atoms with Crippen LogP contribution >= 0.6 is 0 Å². The van der Waals surface area contributed by atoms with Gasteiger partial charge in [-0.3, -0.25) is 0 Å². The predicted octanol–water partition coefficient (Wildman–Crippen LogP) is 3.87. The number of halogens is 1. The number of fused-ring (bicyclic) bond motifs is 1. The van der Waals surface area contributed by atoms with Crippen LogP contribution in [0, 0.1) is 5.82 Å². The lowest BCUT2D eigenvalue weighted by Crippen LogP contribution is -2.37. The number of hydrogen-bond donors (Lipinski definition) is 2. The predicted molar refractivity (Wildman–Crippen MR) is 103 cm³/mol. The van der Waals surface area contributed by atoms with Gasteiger partial charge in [0.25, 0.3) is 0 Å². The number of aromatic nitrogens is 3. The Balaban J connectivity index is 1.73. The van der Waals surface area contributed by atoms with Gasteiger partial charge in [-0.05, 0) is 43.5 Å². The quantitative estimate of drug-likeness (QED) is 0.715. The van der Waals surface area contributed by atoms with Gasteiger partial charge in [-0.1, -0.05) is 19.9 Å². The van der Waals surface area contributed by atoms with Gasteiger partial charge in [-0.2, -0.15) is 0 Å². The highest BCUT2D eigenvalue weighted by molar-refractivity contribution is 5.74. The van der Waals surface area contributed by atoms with Gasteiger partial charge in [0, 0.05) is 18.3 Å². The van der Waals surface area contributed by atoms with Crippen LogP contribution in [-0.2, 0) is 0 Å². The normalized spacial score (nSPS) is 17.4. The maximum Gasteiger partial charge on any atom is 0.234 e. The second kappa shape index (κ2) is 7.52. The molecule has 0 bridgehead atoms. The van der Waals surface area contributed by atoms with Crippen LogP contribution in [0.4, 0.5) is 15.8 Å². The van der Waals surface area contributed by atoms with Gasteiger partial charge < -0.3 is 15.4 Å². The van der Waals surface area contributed by atoms with E-state index >= 15 is 0 Å². The Labute approximate surface area is 157 Å². The third-order valence-electron chi connectivity index (χ3n) is 4.71. The molecule has 2 N–H and O–H groups in total. The fourth-order valence-corrected chi connectivity index (χ4v) is 3.32. The third kappa shape index (κ3) is 3.88. The van der Waals surface area contributed by atoms with Crippen molar-refractivity contribution < 1.29 is 9.13 Å². The van der Waals surface area contributed by atoms with Gasteiger partial charge in [-0.25, -0.2) is 13.9 Å². The van der Waals surface area contributed by atoms with Crippen LogP contribution in [0.2, 0.25) is 0 Å². The zero-order valence-electron chi connectivity index (χ0n) is 15.6. The Morgan fingerprint density at radius 3 is 2.96 bits per heavy atom. The van der Waals surface area contributed by atoms with E-state index in [2.05, 4.69) is 34.6 Å². The maximum absolute atomic E-state index is 13.6. The SMILES string of the molecule is CC(C)c1cnc2c(Nc3cccc(F)c3)cc(O[C@H]3CCCNC3)nn12. The molecular weight excluding hydrogens is 345 g/mol. The monoisotopic (exact) mass is 369 g/mol. The maximum atomic E-state index is 13.6. The number of nitrogens with zero attached hydrogens (tertiary/aromatic N) is 3. The van der Waals surface area contributed by atoms with Crippen LogP contribution < -0.4 is 15.4 Å². The van der Waals surface area contributed by atoms with Crippen molar-refractivity contribution in [2.45, 2.75) is 38.7 Å². The summed E-state index contributed by atoms with van der Waals surface area (Å²) >= 11 is 0. The molecule has 27 heavy (non-hydrogen) atoms. The fraction of sp³-hybridized carbons (Fsp3) is 0.400. The number of rotatable bonds is 5. The molecule has 0 saturated carbocycles. The summed E-state index contributed by atoms with van der Waals surface area (Å²) in [6, 6.07) is 8.20. The van der Waals surface area contributed by atoms with Gasteiger partial charge in [0.05, 0.1) is 17.6 Å². The lowest BCUT2D eigenvalue weighted by atomic mass is 10.1. The Morgan fingerprint density at radius 1 is 1.33 bits per heavy atom. The standard InChI is InChI=1S/C20H24FN5O/c1-13(2)18-12-23-20-17(24-15-6-3-5-14(21)9-15)10-19(25-26(18)20)27-16-7-4-8-22-11-16/h3,5-6,9-10,12-13,16,22,24H,4,7-8,11H2,1-2H3/t16-/m0/s1. The molecule has 0 radical (unpaired) electrons. The number of ether oxygens (including phenoxy) is 1. The molecule has 0 amide bonds. The van der Waals surface area contributed by atoms with Gasteiger partial charge in [0.15, 0.2) is 5.65 Å². The number of anilines is 2. The second-order valence-corrected chi connectivity index (χ2v) is 7.19. The molecule has 7 heteroatoms. The first-order valence-electron chi connectivity index (χ1n) is 9.39. The number of benzene rings is 1. The molecule has 0 spiro atoms. The largest absolute Gasteiger partial charge is 0.472 e. The molecule has 1 atom stereocenters. The molecule has 0 aliphatic carbocycles. The van der Waals surface area contributed by atoms with E-state index in [0.29, 0.717) is 17.2 Å². The molecule has 2 aromatic heterocycles. The van der Waals surface area contributed by atoms with Crippen molar-refractivity contribution in [2.24, 2.45) is 0 Å². The highest BCUT2D eigenvalue weighted by Crippen LogP contribution is 2.28. The minimum atomic E-state index is -0.291. The van der Waals surface area contributed by atoms with Crippen LogP contribution in [-0.4, -0.2) is 33.8 Å². The topological polar surface area (TPSA) is 63.5 Å². The summed E-state index contributed by atoms with van der Waals surface area (Å²) in [5.41, 5.74) is 3.08. The van der Waals surface area contributed by atoms with Gasteiger partial charge >= 0.3 is 0 Å². The van der Waals surface area contributed by atoms with Crippen molar-refractivity contribution in [3.05, 3.63) is 48.0 Å². The minimum Gasteiger partial charge on any atom is -0.472 e. The van der Waals surface area contributed by atoms with E-state index in [9.17, 15) is 4.39 Å². The molecule has 142 valence electrons. The zero-order chi connectivity index (χ0) is 18.8. The number of nitrogens with one attached hydrogen (secondary N) is 2. The average molecular weight is 369 g/mol. The zero-order valence-corrected chi connectivity index (χ0v) is 15.6. The van der Waals surface area contributed by atoms with Crippen molar-refractivity contribution >= 4 is 17.0 Å². The Morgan fingerprint density at radius 2 is 2.22 bits per heavy atom. The summed E-state index contributed by atoms with van der Waals surface area (Å²) in [5, 5.41) is 11.3. The van der Waals surface area contributed by atoms with E-state index in [1.807, 2.05) is 22.8 Å². The highest BCUT2D eigenvalue weighted by Gasteiger charge is 2.19. The van der Waals surface area contributed by atoms with E-state index < -0.39 is 0 Å². The molecular formula is C20H24FN5O. The van der Waals surface area contributed by atoms with Crippen molar-refractivity contribution in [3.63, 3.8) is 0 Å². The molecule has 6 nitrogen and oxygen atoms in total. The Bertz CT molecular complexity index is 933. The first kappa shape index (κ1) is 17.7. The van der Waals surface area contributed by atoms with Crippen molar-refractivity contribution in [2.75, 3.05) is 18.4 Å². The lowest BCUT2D eigenvalue weighted by molar-refractivity contribution is 0.158. The molecule has 1 saturated heterocycles. The van der Waals surface area contributed by atoms with E-state index in [1.54, 1.807) is 6.07 Å². The molecule has 3 heterocycles. The molecule has 1 aliphatic rings. The smallest absolute Gasteiger partial charge is 0.234 e. The van der Waals surface area contributed by atoms with E-state index in [-0.39, 0.29) is 17.8 Å². The van der Waals surface area contributed by atoms with Crippen LogP contribution in [0.15, 0.2) is 36.5 Å². The highest BCUT2D eigenvalue weighted by atomic mass is 19.1. The van der Waals surface area contributed by atoms with Crippen LogP contribution in [0.5, 0.6) is 5.88 Å². The van der Waals surface area contributed by atoms with Crippen LogP contribution in [0.3, 0.4) is 0 Å². The molecule has 4 rings (SSSR count). The van der Waals surface area contributed by atoms with E-state index in [4.69, 9.17) is 4.74 Å². The molecule has 1 fully saturated rings. The van der Waals surface area contributed by atoms with Gasteiger partial charge in [-0.15, -0.1) is 5.10 Å². The third-order valence-corrected chi connectivity index (χ3v) is 4.71. The van der Waals surface area contributed by atoms with Crippen molar-refractivity contribution in [3.8, 4) is 5.88 Å². The lowest BCUT2D eigenvalue weighted by Gasteiger charge is -2.23. The summed E-state index contributed by atoms with van der Waals surface area (Å²) in [7, 11) is 0. The Kier molecular flexibility index (Phi) is 4.94. The second-order valence-electron chi connectivity index (χ2n) is 7.19. The van der Waals surface area contributed by atoms with Crippen LogP contribution in [0.25, 0.3) is 5.65 Å². The molecule has 3 aromatic rings. The molecule has 1 aliphatic heterocycles. The summed E-state index contributed by atoms with van der Waals surface area (Å²) in [6.07, 6.45) is 4.01. The minimum absolute atomic E-state index is 0.0942. The average Bonchev–Trinajstić information content (AvgIpc) is 3.07. The first-order chi connectivity index (χ1) is 13.1. The van der Waals surface area contributed by atoms with Gasteiger partial charge in [0.2, 0.25) is 5.88 Å². The number of piperidine rings is 1. The van der Waals surface area contributed by atoms with E-state index in [0.717, 1.165) is 37.3 Å². The number of hydrogen-bond acceptors (Lipinski definition) is 5. The Hall–Kier alpha value is -2.67. The van der Waals surface area contributed by atoms with Crippen molar-refractivity contribution in [1.29, 1.82) is 0 Å². The van der Waals surface area contributed by atoms with E-state index in [1.165, 1.54) is 12.1 Å². The summed E-state index contributed by atoms with van der Waals surface area (Å²) in [4.78, 5) is 4.52. The summed E-state index contributed by atoms with van der Waals surface area (Å²) < 4.78 is 21.5. The molecule has 1 aromatic carbocycles.